The molecule has 0 aliphatic heterocycles. The molecule has 0 saturated carbocycles. The van der Waals surface area contributed by atoms with E-state index in [-0.39, 0.29) is 48.9 Å². The van der Waals surface area contributed by atoms with Crippen molar-refractivity contribution in [2.75, 3.05) is 0 Å². The average molecular weight is 895 g/mol. The number of allylic oxidation sites excluding steroid dienone is 2. The fourth-order valence-electron chi connectivity index (χ4n) is 6.19. The zero-order valence-electron chi connectivity index (χ0n) is 31.5. The van der Waals surface area contributed by atoms with Gasteiger partial charge in [0.25, 0.3) is 0 Å². The molecule has 0 aliphatic carbocycles. The van der Waals surface area contributed by atoms with E-state index in [1.165, 1.54) is 31.3 Å². The number of carbonyl (C=O) groups excluding carboxylic acids is 1. The molecule has 0 atom stereocenters. The second-order valence-corrected chi connectivity index (χ2v) is 16.0. The number of carbonyl (C=O) groups is 1. The number of pyridine rings is 1. The molecule has 0 spiro atoms. The molecule has 277 valence electrons. The Kier molecular flexibility index (Phi) is 13.5. The van der Waals surface area contributed by atoms with Crippen molar-refractivity contribution < 1.29 is 43.2 Å². The molecule has 0 bridgehead atoms. The van der Waals surface area contributed by atoms with Crippen LogP contribution in [0.5, 0.6) is 0 Å². The fourth-order valence-corrected chi connectivity index (χ4v) is 7.49. The van der Waals surface area contributed by atoms with Gasteiger partial charge >= 0.3 is 6.18 Å². The van der Waals surface area contributed by atoms with Crippen LogP contribution in [0, 0.1) is 36.2 Å². The molecular formula is C43H51F3IrNO2S-. The molecule has 8 heteroatoms. The molecule has 0 amide bonds. The van der Waals surface area contributed by atoms with Crippen molar-refractivity contribution in [1.29, 1.82) is 0 Å². The second-order valence-electron chi connectivity index (χ2n) is 14.8. The first-order valence-electron chi connectivity index (χ1n) is 17.6. The Labute approximate surface area is 319 Å². The number of benzene rings is 3. The molecule has 51 heavy (non-hydrogen) atoms. The van der Waals surface area contributed by atoms with Crippen LogP contribution in [0.3, 0.4) is 0 Å². The van der Waals surface area contributed by atoms with Crippen LogP contribution >= 0.6 is 11.3 Å². The summed E-state index contributed by atoms with van der Waals surface area (Å²) in [5.41, 5.74) is 1.72. The molecule has 3 nitrogen and oxygen atoms in total. The second kappa shape index (κ2) is 16.3. The average Bonchev–Trinajstić information content (AvgIpc) is 3.48. The summed E-state index contributed by atoms with van der Waals surface area (Å²) in [6.45, 7) is 18.7. The quantitative estimate of drug-likeness (QED) is 0.0658. The van der Waals surface area contributed by atoms with E-state index < -0.39 is 11.6 Å². The normalized spacial score (nSPS) is 12.9. The van der Waals surface area contributed by atoms with Gasteiger partial charge in [0.1, 0.15) is 5.76 Å². The van der Waals surface area contributed by atoms with Gasteiger partial charge in [-0.05, 0) is 77.5 Å². The summed E-state index contributed by atoms with van der Waals surface area (Å²) in [6.07, 6.45) is 2.31. The van der Waals surface area contributed by atoms with Crippen LogP contribution in [0.25, 0.3) is 42.9 Å². The van der Waals surface area contributed by atoms with Crippen LogP contribution in [-0.4, -0.2) is 22.1 Å². The van der Waals surface area contributed by atoms with Crippen LogP contribution in [0.2, 0.25) is 0 Å². The van der Waals surface area contributed by atoms with Crippen molar-refractivity contribution >= 4 is 48.8 Å². The van der Waals surface area contributed by atoms with Gasteiger partial charge in [-0.3, -0.25) is 4.79 Å². The third-order valence-corrected chi connectivity index (χ3v) is 12.0. The van der Waals surface area contributed by atoms with Crippen molar-refractivity contribution in [3.05, 3.63) is 88.6 Å². The number of aliphatic hydroxyl groups is 1. The summed E-state index contributed by atoms with van der Waals surface area (Å²) in [7, 11) is 0. The van der Waals surface area contributed by atoms with E-state index >= 15 is 0 Å². The first kappa shape index (κ1) is 42.4. The van der Waals surface area contributed by atoms with E-state index in [0.29, 0.717) is 0 Å². The number of thiophene rings is 1. The first-order valence-corrected chi connectivity index (χ1v) is 18.4. The van der Waals surface area contributed by atoms with Crippen molar-refractivity contribution in [3.8, 4) is 11.3 Å². The number of ketones is 1. The number of hydrogen-bond acceptors (Lipinski definition) is 4. The van der Waals surface area contributed by atoms with E-state index in [1.54, 1.807) is 0 Å². The summed E-state index contributed by atoms with van der Waals surface area (Å²) in [6, 6.07) is 19.8. The molecule has 3 aromatic carbocycles. The Morgan fingerprint density at radius 2 is 1.35 bits per heavy atom. The molecule has 1 radical (unpaired) electrons. The monoisotopic (exact) mass is 895 g/mol. The van der Waals surface area contributed by atoms with Crippen LogP contribution < -0.4 is 0 Å². The zero-order valence-corrected chi connectivity index (χ0v) is 34.7. The van der Waals surface area contributed by atoms with Crippen molar-refractivity contribution in [2.45, 2.75) is 108 Å². The van der Waals surface area contributed by atoms with E-state index in [1.807, 2.05) is 72.9 Å². The summed E-state index contributed by atoms with van der Waals surface area (Å²) >= 11 is 1.45. The fraction of sp³-hybridized carbons (Fsp3) is 0.442. The molecule has 5 rings (SSSR count). The van der Waals surface area contributed by atoms with E-state index in [9.17, 15) is 23.1 Å². The number of nitrogens with zero attached hydrogens (tertiary/aromatic N) is 1. The number of aromatic nitrogens is 1. The van der Waals surface area contributed by atoms with Gasteiger partial charge in [0.2, 0.25) is 0 Å². The number of rotatable bonds is 10. The third-order valence-electron chi connectivity index (χ3n) is 10.9. The Bertz CT molecular complexity index is 2010. The molecular weight excluding hydrogens is 844 g/mol. The number of aryl methyl sites for hydroxylation is 2. The third kappa shape index (κ3) is 8.95. The minimum atomic E-state index is -4.24. The molecule has 0 saturated heterocycles. The predicted octanol–water partition coefficient (Wildman–Crippen LogP) is 13.5. The SMILES string of the molecule is CCC(C)(CC)C(=O)/C=C(\O)C(C)(CC)CC.Cc1[c-]c(-c2nccc3c2ccc2c4cc(CC(C)(C)C(F)(F)F)sc4ccc32)cc(C)c1.[Ir]. The van der Waals surface area contributed by atoms with Crippen LogP contribution in [-0.2, 0) is 31.3 Å². The van der Waals surface area contributed by atoms with Gasteiger partial charge < -0.3 is 10.1 Å². The maximum atomic E-state index is 13.4. The smallest absolute Gasteiger partial charge is 0.394 e. The predicted molar refractivity (Wildman–Crippen MR) is 205 cm³/mol. The van der Waals surface area contributed by atoms with Gasteiger partial charge in [0.05, 0.1) is 5.41 Å². The van der Waals surface area contributed by atoms with Gasteiger partial charge in [0.15, 0.2) is 5.78 Å². The van der Waals surface area contributed by atoms with Gasteiger partial charge in [0, 0.05) is 58.2 Å². The maximum Gasteiger partial charge on any atom is 0.394 e. The summed E-state index contributed by atoms with van der Waals surface area (Å²) < 4.78 is 41.3. The van der Waals surface area contributed by atoms with Gasteiger partial charge in [-0.1, -0.05) is 87.4 Å². The summed E-state index contributed by atoms with van der Waals surface area (Å²) in [5, 5.41) is 15.4. The Morgan fingerprint density at radius 1 is 0.804 bits per heavy atom. The summed E-state index contributed by atoms with van der Waals surface area (Å²) in [5.74, 6) is 0.286. The number of halogens is 3. The maximum absolute atomic E-state index is 13.4. The molecule has 2 aromatic heterocycles. The minimum absolute atomic E-state index is 0. The Hall–Kier alpha value is -3.06. The topological polar surface area (TPSA) is 50.2 Å². The molecule has 2 heterocycles. The van der Waals surface area contributed by atoms with Crippen molar-refractivity contribution in [1.82, 2.24) is 4.98 Å². The Balaban J connectivity index is 0.000000335. The van der Waals surface area contributed by atoms with Crippen molar-refractivity contribution in [2.24, 2.45) is 16.2 Å². The number of aliphatic hydroxyl groups excluding tert-OH is 1. The van der Waals surface area contributed by atoms with Crippen LogP contribution in [0.1, 0.15) is 97.1 Å². The molecule has 0 fully saturated rings. The molecule has 0 aliphatic rings. The number of fused-ring (bicyclic) bond motifs is 5. The van der Waals surface area contributed by atoms with Crippen LogP contribution in [0.4, 0.5) is 13.2 Å². The summed E-state index contributed by atoms with van der Waals surface area (Å²) in [4.78, 5) is 17.6. The largest absolute Gasteiger partial charge is 0.512 e. The van der Waals surface area contributed by atoms with E-state index in [4.69, 9.17) is 0 Å². The van der Waals surface area contributed by atoms with E-state index in [0.717, 1.165) is 84.6 Å². The van der Waals surface area contributed by atoms with Gasteiger partial charge in [-0.15, -0.1) is 46.2 Å². The van der Waals surface area contributed by atoms with Gasteiger partial charge in [-0.25, -0.2) is 0 Å². The van der Waals surface area contributed by atoms with Crippen LogP contribution in [0.15, 0.2) is 66.6 Å². The Morgan fingerprint density at radius 3 is 1.92 bits per heavy atom. The molecule has 1 N–H and O–H groups in total. The molecule has 5 aromatic rings. The molecule has 0 unspecified atom stereocenters. The number of alkyl halides is 3. The minimum Gasteiger partial charge on any atom is -0.512 e. The number of hydrogen-bond donors (Lipinski definition) is 1. The standard InChI is InChI=1S/C28H23F3NS.C15H28O2.Ir/c1-16-11-17(2)13-18(12-16)26-23-6-5-21-20(22(23)9-10-32-26)7-8-25-24(21)14-19(33-25)15-27(3,4)28(29,30)31;1-7-14(5,8-2)12(16)11-13(17)15(6,9-3)10-4;/h5-12,14H,15H2,1-4H3;11,16H,7-10H2,1-6H3;/q-1;;/b;12-11-;. The zero-order chi connectivity index (χ0) is 37.2. The van der Waals surface area contributed by atoms with Gasteiger partial charge in [-0.2, -0.15) is 13.2 Å². The van der Waals surface area contributed by atoms with E-state index in [2.05, 4.69) is 48.3 Å². The first-order chi connectivity index (χ1) is 23.3. The van der Waals surface area contributed by atoms with Crippen molar-refractivity contribution in [3.63, 3.8) is 0 Å².